The zero-order chi connectivity index (χ0) is 23.7. The molecule has 0 unspecified atom stereocenters. The van der Waals surface area contributed by atoms with Gasteiger partial charge in [-0.2, -0.15) is 0 Å². The highest BCUT2D eigenvalue weighted by Gasteiger charge is 2.27. The molecule has 10 heteroatoms. The lowest BCUT2D eigenvalue weighted by atomic mass is 10.1. The molecule has 8 nitrogen and oxygen atoms in total. The van der Waals surface area contributed by atoms with Crippen molar-refractivity contribution in [3.63, 3.8) is 0 Å². The zero-order valence-electron chi connectivity index (χ0n) is 17.8. The lowest BCUT2D eigenvalue weighted by molar-refractivity contribution is 0.102. The van der Waals surface area contributed by atoms with Crippen molar-refractivity contribution >= 4 is 38.2 Å². The first-order valence-electron chi connectivity index (χ1n) is 10.4. The van der Waals surface area contributed by atoms with Crippen molar-refractivity contribution in [3.8, 4) is 11.3 Å². The minimum atomic E-state index is -3.69. The normalized spacial score (nSPS) is 15.3. The number of nitrogens with zero attached hydrogens (tertiary/aromatic N) is 3. The summed E-state index contributed by atoms with van der Waals surface area (Å²) in [6.45, 7) is 0.291. The van der Waals surface area contributed by atoms with E-state index < -0.39 is 27.7 Å². The number of aromatic nitrogens is 2. The van der Waals surface area contributed by atoms with Gasteiger partial charge in [0.25, 0.3) is 15.9 Å². The van der Waals surface area contributed by atoms with Gasteiger partial charge in [-0.3, -0.25) is 19.1 Å². The van der Waals surface area contributed by atoms with Crippen LogP contribution in [0.5, 0.6) is 0 Å². The molecule has 0 bridgehead atoms. The summed E-state index contributed by atoms with van der Waals surface area (Å²) in [7, 11) is -3.69. The fraction of sp³-hybridized carbons (Fsp3) is 0.125. The van der Waals surface area contributed by atoms with Crippen LogP contribution in [0.15, 0.2) is 73.1 Å². The average molecular weight is 479 g/mol. The molecule has 1 fully saturated rings. The van der Waals surface area contributed by atoms with E-state index in [2.05, 4.69) is 15.3 Å². The van der Waals surface area contributed by atoms with E-state index in [-0.39, 0.29) is 24.4 Å². The third-order valence-electron chi connectivity index (χ3n) is 5.42. The van der Waals surface area contributed by atoms with E-state index in [0.717, 1.165) is 26.8 Å². The van der Waals surface area contributed by atoms with Gasteiger partial charge in [0.15, 0.2) is 5.94 Å². The van der Waals surface area contributed by atoms with Crippen LogP contribution in [-0.4, -0.2) is 43.4 Å². The molecule has 1 amide bonds. The standard InChI is InChI=1S/C24H19FN4O4S/c25-21-14-18(29-11-12-33-15-34(29,31)32)6-7-19(21)24(30)28-17-4-1-3-16(13-17)23-20-5-2-9-26-22(20)8-10-27-23/h1-10,13-14H,11-12,15H2,(H,28,30). The Morgan fingerprint density at radius 3 is 2.74 bits per heavy atom. The number of hydrogen-bond acceptors (Lipinski definition) is 6. The van der Waals surface area contributed by atoms with Gasteiger partial charge in [0.2, 0.25) is 0 Å². The van der Waals surface area contributed by atoms with Gasteiger partial charge < -0.3 is 10.1 Å². The van der Waals surface area contributed by atoms with Gasteiger partial charge in [0, 0.05) is 29.0 Å². The van der Waals surface area contributed by atoms with Crippen molar-refractivity contribution < 1.29 is 22.3 Å². The van der Waals surface area contributed by atoms with Gasteiger partial charge in [-0.05, 0) is 48.5 Å². The van der Waals surface area contributed by atoms with Gasteiger partial charge in [0.05, 0.1) is 35.6 Å². The second-order valence-electron chi connectivity index (χ2n) is 7.64. The Morgan fingerprint density at radius 1 is 1.03 bits per heavy atom. The SMILES string of the molecule is O=C(Nc1cccc(-c2nccc3ncccc23)c1)c1ccc(N2CCOCS2(=O)=O)cc1F. The molecule has 0 spiro atoms. The van der Waals surface area contributed by atoms with Crippen LogP contribution in [0, 0.1) is 5.82 Å². The highest BCUT2D eigenvalue weighted by Crippen LogP contribution is 2.28. The van der Waals surface area contributed by atoms with Crippen molar-refractivity contribution in [1.82, 2.24) is 9.97 Å². The number of benzene rings is 2. The van der Waals surface area contributed by atoms with Crippen molar-refractivity contribution in [2.75, 3.05) is 28.7 Å². The van der Waals surface area contributed by atoms with Crippen LogP contribution in [0.2, 0.25) is 0 Å². The lowest BCUT2D eigenvalue weighted by Crippen LogP contribution is -2.41. The molecule has 172 valence electrons. The number of pyridine rings is 2. The zero-order valence-corrected chi connectivity index (χ0v) is 18.6. The lowest BCUT2D eigenvalue weighted by Gasteiger charge is -2.28. The summed E-state index contributed by atoms with van der Waals surface area (Å²) in [6, 6.07) is 16.4. The van der Waals surface area contributed by atoms with E-state index in [0.29, 0.717) is 11.4 Å². The number of carbonyl (C=O) groups is 1. The smallest absolute Gasteiger partial charge is 0.259 e. The first-order valence-corrected chi connectivity index (χ1v) is 12.0. The molecule has 1 N–H and O–H groups in total. The summed E-state index contributed by atoms with van der Waals surface area (Å²) >= 11 is 0. The molecule has 2 aromatic heterocycles. The van der Waals surface area contributed by atoms with Crippen LogP contribution in [0.3, 0.4) is 0 Å². The van der Waals surface area contributed by atoms with Gasteiger partial charge in [-0.25, -0.2) is 12.8 Å². The number of fused-ring (bicyclic) bond motifs is 1. The topological polar surface area (TPSA) is 101 Å². The third kappa shape index (κ3) is 4.20. The monoisotopic (exact) mass is 478 g/mol. The fourth-order valence-corrected chi connectivity index (χ4v) is 5.07. The van der Waals surface area contributed by atoms with Crippen LogP contribution >= 0.6 is 0 Å². The van der Waals surface area contributed by atoms with Crippen LogP contribution in [-0.2, 0) is 14.8 Å². The molecule has 3 heterocycles. The van der Waals surface area contributed by atoms with Crippen LogP contribution in [0.1, 0.15) is 10.4 Å². The second-order valence-corrected chi connectivity index (χ2v) is 9.48. The highest BCUT2D eigenvalue weighted by molar-refractivity contribution is 7.92. The predicted octanol–water partition coefficient (Wildman–Crippen LogP) is 3.81. The number of nitrogens with one attached hydrogen (secondary N) is 1. The number of hydrogen-bond donors (Lipinski definition) is 1. The Labute approximate surface area is 195 Å². The van der Waals surface area contributed by atoms with Gasteiger partial charge in [0.1, 0.15) is 5.82 Å². The number of ether oxygens (including phenoxy) is 1. The number of sulfonamides is 1. The summed E-state index contributed by atoms with van der Waals surface area (Å²) in [6.07, 6.45) is 3.37. The molecule has 1 aliphatic rings. The largest absolute Gasteiger partial charge is 0.362 e. The number of carbonyl (C=O) groups excluding carboxylic acids is 1. The molecular formula is C24H19FN4O4S. The molecule has 0 atom stereocenters. The first-order chi connectivity index (χ1) is 16.4. The molecule has 2 aromatic carbocycles. The Kier molecular flexibility index (Phi) is 5.68. The Hall–Kier alpha value is -3.89. The summed E-state index contributed by atoms with van der Waals surface area (Å²) < 4.78 is 45.2. The van der Waals surface area contributed by atoms with Gasteiger partial charge >= 0.3 is 0 Å². The van der Waals surface area contributed by atoms with Crippen LogP contribution in [0.25, 0.3) is 22.2 Å². The van der Waals surface area contributed by atoms with Crippen LogP contribution < -0.4 is 9.62 Å². The molecule has 4 aromatic rings. The second kappa shape index (κ2) is 8.81. The molecular weight excluding hydrogens is 459 g/mol. The van der Waals surface area contributed by atoms with Gasteiger partial charge in [-0.15, -0.1) is 0 Å². The number of anilines is 2. The van der Waals surface area contributed by atoms with Crippen molar-refractivity contribution in [1.29, 1.82) is 0 Å². The molecule has 0 saturated carbocycles. The Balaban J connectivity index is 1.40. The molecule has 1 aliphatic heterocycles. The minimum Gasteiger partial charge on any atom is -0.362 e. The van der Waals surface area contributed by atoms with Crippen LogP contribution in [0.4, 0.5) is 15.8 Å². The summed E-state index contributed by atoms with van der Waals surface area (Å²) in [5.41, 5.74) is 2.69. The predicted molar refractivity (Wildman–Crippen MR) is 126 cm³/mol. The number of rotatable bonds is 4. The third-order valence-corrected chi connectivity index (χ3v) is 6.95. The Morgan fingerprint density at radius 2 is 1.91 bits per heavy atom. The van der Waals surface area contributed by atoms with Crippen molar-refractivity contribution in [2.45, 2.75) is 0 Å². The number of amides is 1. The van der Waals surface area contributed by atoms with E-state index in [1.165, 1.54) is 12.1 Å². The Bertz CT molecular complexity index is 1500. The van der Waals surface area contributed by atoms with Gasteiger partial charge in [-0.1, -0.05) is 12.1 Å². The average Bonchev–Trinajstić information content (AvgIpc) is 2.83. The molecule has 5 rings (SSSR count). The van der Waals surface area contributed by atoms with Crippen molar-refractivity contribution in [2.24, 2.45) is 0 Å². The van der Waals surface area contributed by atoms with E-state index in [9.17, 15) is 17.6 Å². The van der Waals surface area contributed by atoms with E-state index in [1.807, 2.05) is 24.3 Å². The van der Waals surface area contributed by atoms with E-state index in [4.69, 9.17) is 4.74 Å². The maximum absolute atomic E-state index is 14.8. The maximum atomic E-state index is 14.8. The maximum Gasteiger partial charge on any atom is 0.259 e. The summed E-state index contributed by atoms with van der Waals surface area (Å²) in [4.78, 5) is 21.6. The van der Waals surface area contributed by atoms with E-state index in [1.54, 1.807) is 30.6 Å². The highest BCUT2D eigenvalue weighted by atomic mass is 32.2. The minimum absolute atomic E-state index is 0.0812. The number of halogens is 1. The summed E-state index contributed by atoms with van der Waals surface area (Å²) in [5.74, 6) is -1.94. The molecule has 0 aliphatic carbocycles. The van der Waals surface area contributed by atoms with Crippen molar-refractivity contribution in [3.05, 3.63) is 84.4 Å². The molecule has 34 heavy (non-hydrogen) atoms. The summed E-state index contributed by atoms with van der Waals surface area (Å²) in [5, 5.41) is 3.57. The first kappa shape index (κ1) is 21.9. The fourth-order valence-electron chi connectivity index (χ4n) is 3.82. The quantitative estimate of drug-likeness (QED) is 0.479. The molecule has 1 saturated heterocycles. The molecule has 0 radical (unpaired) electrons. The van der Waals surface area contributed by atoms with E-state index >= 15 is 0 Å².